The number of rotatable bonds is 5. The number of nitrogens with zero attached hydrogens (tertiary/aromatic N) is 1. The Labute approximate surface area is 166 Å². The molecular weight excluding hydrogens is 371 g/mol. The lowest BCUT2D eigenvalue weighted by molar-refractivity contribution is -0.127. The number of carbonyl (C=O) groups excluding carboxylic acids is 2. The van der Waals surface area contributed by atoms with Gasteiger partial charge in [0, 0.05) is 29.6 Å². The molecule has 0 saturated carbocycles. The normalized spacial score (nSPS) is 15.9. The van der Waals surface area contributed by atoms with Crippen molar-refractivity contribution >= 4 is 22.7 Å². The van der Waals surface area contributed by atoms with E-state index in [1.807, 2.05) is 6.07 Å². The van der Waals surface area contributed by atoms with Gasteiger partial charge in [-0.15, -0.1) is 0 Å². The average Bonchev–Trinajstić information content (AvgIpc) is 3.29. The summed E-state index contributed by atoms with van der Waals surface area (Å²) in [6, 6.07) is 13.2. The van der Waals surface area contributed by atoms with E-state index in [-0.39, 0.29) is 24.1 Å². The first kappa shape index (κ1) is 18.7. The molecule has 1 fully saturated rings. The number of fused-ring (bicyclic) bond motifs is 1. The van der Waals surface area contributed by atoms with Gasteiger partial charge >= 0.3 is 0 Å². The van der Waals surface area contributed by atoms with Crippen LogP contribution < -0.4 is 10.6 Å². The molecule has 7 heteroatoms. The summed E-state index contributed by atoms with van der Waals surface area (Å²) in [4.78, 5) is 27.3. The highest BCUT2D eigenvalue weighted by molar-refractivity contribution is 5.92. The molecule has 3 N–H and O–H groups in total. The van der Waals surface area contributed by atoms with Gasteiger partial charge in [-0.3, -0.25) is 9.59 Å². The largest absolute Gasteiger partial charge is 0.354 e. The number of benzene rings is 2. The van der Waals surface area contributed by atoms with E-state index >= 15 is 0 Å². The zero-order valence-corrected chi connectivity index (χ0v) is 15.6. The fraction of sp³-hybridized carbons (Fsp3) is 0.227. The fourth-order valence-electron chi connectivity index (χ4n) is 3.71. The predicted molar refractivity (Wildman–Crippen MR) is 106 cm³/mol. The van der Waals surface area contributed by atoms with Crippen molar-refractivity contribution in [2.75, 3.05) is 6.54 Å². The van der Waals surface area contributed by atoms with Crippen LogP contribution in [0.3, 0.4) is 0 Å². The number of halogens is 1. The maximum absolute atomic E-state index is 13.9. The molecule has 1 aromatic heterocycles. The Morgan fingerprint density at radius 2 is 2.14 bits per heavy atom. The van der Waals surface area contributed by atoms with Crippen molar-refractivity contribution in [2.24, 2.45) is 0 Å². The zero-order valence-electron chi connectivity index (χ0n) is 15.6. The SMILES string of the molecule is N#Cc1cccc(-c2[nH]c3ccc(F)cc3c2CCC(=O)N[C@H]2CCNC2=O)c1. The molecule has 0 radical (unpaired) electrons. The standard InChI is InChI=1S/C22H19FN4O2/c23-15-4-6-18-17(11-15)16(5-7-20(28)26-19-8-9-25-22(19)29)21(27-18)14-3-1-2-13(10-14)12-24/h1-4,6,10-11,19,27H,5,7-9H2,(H,25,29)(H,26,28)/t19-/m0/s1. The second-order valence-corrected chi connectivity index (χ2v) is 7.06. The molecule has 3 aromatic rings. The molecule has 1 saturated heterocycles. The quantitative estimate of drug-likeness (QED) is 0.625. The molecule has 2 heterocycles. The number of carbonyl (C=O) groups is 2. The van der Waals surface area contributed by atoms with Gasteiger partial charge in [-0.2, -0.15) is 5.26 Å². The van der Waals surface area contributed by atoms with Crippen molar-refractivity contribution in [3.63, 3.8) is 0 Å². The lowest BCUT2D eigenvalue weighted by Crippen LogP contribution is -2.40. The van der Waals surface area contributed by atoms with Gasteiger partial charge in [-0.05, 0) is 54.3 Å². The summed E-state index contributed by atoms with van der Waals surface area (Å²) in [5.41, 5.74) is 3.64. The molecule has 1 aliphatic heterocycles. The molecule has 2 aromatic carbocycles. The number of hydrogen-bond acceptors (Lipinski definition) is 3. The highest BCUT2D eigenvalue weighted by Crippen LogP contribution is 2.32. The molecule has 0 aliphatic carbocycles. The Kier molecular flexibility index (Phi) is 5.00. The van der Waals surface area contributed by atoms with Gasteiger partial charge < -0.3 is 15.6 Å². The van der Waals surface area contributed by atoms with Crippen LogP contribution in [0.15, 0.2) is 42.5 Å². The first-order chi connectivity index (χ1) is 14.0. The van der Waals surface area contributed by atoms with Gasteiger partial charge in [0.2, 0.25) is 11.8 Å². The van der Waals surface area contributed by atoms with Crippen molar-refractivity contribution in [3.05, 3.63) is 59.4 Å². The van der Waals surface area contributed by atoms with E-state index in [4.69, 9.17) is 0 Å². The molecule has 146 valence electrons. The van der Waals surface area contributed by atoms with E-state index in [9.17, 15) is 19.2 Å². The van der Waals surface area contributed by atoms with Crippen molar-refractivity contribution in [1.82, 2.24) is 15.6 Å². The van der Waals surface area contributed by atoms with Gasteiger partial charge in [0.25, 0.3) is 0 Å². The van der Waals surface area contributed by atoms with Crippen molar-refractivity contribution in [3.8, 4) is 17.3 Å². The van der Waals surface area contributed by atoms with E-state index in [0.717, 1.165) is 22.3 Å². The molecule has 1 aliphatic rings. The second kappa shape index (κ2) is 7.76. The Morgan fingerprint density at radius 1 is 1.28 bits per heavy atom. The molecule has 0 spiro atoms. The van der Waals surface area contributed by atoms with Crippen LogP contribution in [-0.2, 0) is 16.0 Å². The highest BCUT2D eigenvalue weighted by atomic mass is 19.1. The fourth-order valence-corrected chi connectivity index (χ4v) is 3.71. The molecule has 4 rings (SSSR count). The number of aromatic amines is 1. The molecule has 29 heavy (non-hydrogen) atoms. The molecule has 0 unspecified atom stereocenters. The van der Waals surface area contributed by atoms with Gasteiger partial charge in [-0.25, -0.2) is 4.39 Å². The summed E-state index contributed by atoms with van der Waals surface area (Å²) in [6.45, 7) is 0.560. The van der Waals surface area contributed by atoms with Crippen LogP contribution in [0, 0.1) is 17.1 Å². The third-order valence-corrected chi connectivity index (χ3v) is 5.13. The van der Waals surface area contributed by atoms with E-state index < -0.39 is 6.04 Å². The minimum absolute atomic E-state index is 0.165. The number of H-pyrrole nitrogens is 1. The van der Waals surface area contributed by atoms with Crippen LogP contribution in [0.1, 0.15) is 24.0 Å². The first-order valence-corrected chi connectivity index (χ1v) is 9.43. The summed E-state index contributed by atoms with van der Waals surface area (Å²) in [5, 5.41) is 15.3. The third-order valence-electron chi connectivity index (χ3n) is 5.13. The van der Waals surface area contributed by atoms with Crippen molar-refractivity contribution in [1.29, 1.82) is 5.26 Å². The minimum atomic E-state index is -0.491. The number of hydrogen-bond donors (Lipinski definition) is 3. The van der Waals surface area contributed by atoms with Gasteiger partial charge in [0.1, 0.15) is 11.9 Å². The molecule has 2 amide bonds. The van der Waals surface area contributed by atoms with E-state index in [1.165, 1.54) is 12.1 Å². The highest BCUT2D eigenvalue weighted by Gasteiger charge is 2.25. The molecule has 0 bridgehead atoms. The number of nitriles is 1. The lowest BCUT2D eigenvalue weighted by atomic mass is 9.99. The number of amides is 2. The zero-order chi connectivity index (χ0) is 20.4. The summed E-state index contributed by atoms with van der Waals surface area (Å²) >= 11 is 0. The Balaban J connectivity index is 1.64. The third kappa shape index (κ3) is 3.83. The molecule has 1 atom stereocenters. The summed E-state index contributed by atoms with van der Waals surface area (Å²) in [7, 11) is 0. The first-order valence-electron chi connectivity index (χ1n) is 9.43. The van der Waals surface area contributed by atoms with Crippen LogP contribution in [0.4, 0.5) is 4.39 Å². The maximum Gasteiger partial charge on any atom is 0.242 e. The van der Waals surface area contributed by atoms with Crippen molar-refractivity contribution in [2.45, 2.75) is 25.3 Å². The van der Waals surface area contributed by atoms with Crippen LogP contribution in [-0.4, -0.2) is 29.4 Å². The van der Waals surface area contributed by atoms with Gasteiger partial charge in [0.05, 0.1) is 11.6 Å². The molecule has 6 nitrogen and oxygen atoms in total. The Morgan fingerprint density at radius 3 is 2.90 bits per heavy atom. The topological polar surface area (TPSA) is 97.8 Å². The minimum Gasteiger partial charge on any atom is -0.354 e. The van der Waals surface area contributed by atoms with Crippen LogP contribution in [0.5, 0.6) is 0 Å². The lowest BCUT2D eigenvalue weighted by Gasteiger charge is -2.10. The monoisotopic (exact) mass is 390 g/mol. The van der Waals surface area contributed by atoms with E-state index in [2.05, 4.69) is 21.7 Å². The Bertz CT molecular complexity index is 1150. The molecular formula is C22H19FN4O2. The van der Waals surface area contributed by atoms with E-state index in [1.54, 1.807) is 24.3 Å². The Hall–Kier alpha value is -3.66. The van der Waals surface area contributed by atoms with Crippen LogP contribution in [0.2, 0.25) is 0 Å². The van der Waals surface area contributed by atoms with Gasteiger partial charge in [-0.1, -0.05) is 12.1 Å². The second-order valence-electron chi connectivity index (χ2n) is 7.06. The maximum atomic E-state index is 13.9. The number of aromatic nitrogens is 1. The van der Waals surface area contributed by atoms with Crippen molar-refractivity contribution < 1.29 is 14.0 Å². The van der Waals surface area contributed by atoms with Crippen LogP contribution >= 0.6 is 0 Å². The number of nitrogens with one attached hydrogen (secondary N) is 3. The van der Waals surface area contributed by atoms with Gasteiger partial charge in [0.15, 0.2) is 0 Å². The number of aryl methyl sites for hydroxylation is 1. The summed E-state index contributed by atoms with van der Waals surface area (Å²) in [5.74, 6) is -0.752. The average molecular weight is 390 g/mol. The predicted octanol–water partition coefficient (Wildman–Crippen LogP) is 2.78. The van der Waals surface area contributed by atoms with Crippen LogP contribution in [0.25, 0.3) is 22.2 Å². The van der Waals surface area contributed by atoms with E-state index in [0.29, 0.717) is 30.3 Å². The summed E-state index contributed by atoms with van der Waals surface area (Å²) in [6.07, 6.45) is 1.11. The smallest absolute Gasteiger partial charge is 0.242 e. The summed E-state index contributed by atoms with van der Waals surface area (Å²) < 4.78 is 13.9.